The van der Waals surface area contributed by atoms with E-state index in [4.69, 9.17) is 4.98 Å². The molecule has 1 unspecified atom stereocenters. The zero-order valence-corrected chi connectivity index (χ0v) is 14.4. The van der Waals surface area contributed by atoms with E-state index in [2.05, 4.69) is 69.2 Å². The van der Waals surface area contributed by atoms with Gasteiger partial charge in [0.15, 0.2) is 0 Å². The van der Waals surface area contributed by atoms with Gasteiger partial charge in [0.2, 0.25) is 0 Å². The molecule has 2 heterocycles. The van der Waals surface area contributed by atoms with Crippen LogP contribution in [0.2, 0.25) is 0 Å². The van der Waals surface area contributed by atoms with Gasteiger partial charge in [0.05, 0.1) is 13.9 Å². The molecule has 1 aromatic carbocycles. The summed E-state index contributed by atoms with van der Waals surface area (Å²) in [5, 5.41) is 5.63. The summed E-state index contributed by atoms with van der Waals surface area (Å²) in [6.07, 6.45) is 0.897. The summed E-state index contributed by atoms with van der Waals surface area (Å²) in [4.78, 5) is 4.76. The fourth-order valence-corrected chi connectivity index (χ4v) is 3.88. The topological polar surface area (TPSA) is 29.9 Å². The standard InChI is InChI=1S/C15H16IN3S/c1-17-12(10-7-14(16)20-9-10)8-15-18-11-5-3-4-6-13(11)19(15)2/h3-7,9,12,17H,8H2,1-2H3. The Hall–Kier alpha value is -0.920. The average molecular weight is 397 g/mol. The molecule has 0 bridgehead atoms. The Labute approximate surface area is 136 Å². The highest BCUT2D eigenvalue weighted by Gasteiger charge is 2.16. The number of rotatable bonds is 4. The molecule has 0 aliphatic carbocycles. The van der Waals surface area contributed by atoms with Crippen molar-refractivity contribution in [2.24, 2.45) is 7.05 Å². The molecule has 1 N–H and O–H groups in total. The van der Waals surface area contributed by atoms with Gasteiger partial charge >= 0.3 is 0 Å². The Morgan fingerprint density at radius 1 is 1.40 bits per heavy atom. The second kappa shape index (κ2) is 5.83. The Kier molecular flexibility index (Phi) is 4.09. The van der Waals surface area contributed by atoms with Crippen LogP contribution < -0.4 is 5.32 Å². The number of nitrogens with zero attached hydrogens (tertiary/aromatic N) is 2. The smallest absolute Gasteiger partial charge is 0.111 e. The van der Waals surface area contributed by atoms with E-state index in [1.54, 1.807) is 11.3 Å². The summed E-state index contributed by atoms with van der Waals surface area (Å²) >= 11 is 4.16. The highest BCUT2D eigenvalue weighted by molar-refractivity contribution is 14.1. The van der Waals surface area contributed by atoms with Crippen LogP contribution in [0.15, 0.2) is 35.7 Å². The SMILES string of the molecule is CNC(Cc1nc2ccccc2n1C)c1csc(I)c1. The van der Waals surface area contributed by atoms with Crippen molar-refractivity contribution in [3.63, 3.8) is 0 Å². The number of aryl methyl sites for hydroxylation is 1. The minimum atomic E-state index is 0.310. The molecule has 0 spiro atoms. The lowest BCUT2D eigenvalue weighted by Gasteiger charge is -2.14. The number of likely N-dealkylation sites (N-methyl/N-ethyl adjacent to an activating group) is 1. The van der Waals surface area contributed by atoms with Crippen LogP contribution in [0.4, 0.5) is 0 Å². The molecule has 5 heteroatoms. The molecule has 0 aliphatic rings. The summed E-state index contributed by atoms with van der Waals surface area (Å²) in [5.41, 5.74) is 3.60. The lowest BCUT2D eigenvalue weighted by molar-refractivity contribution is 0.567. The minimum Gasteiger partial charge on any atom is -0.331 e. The fraction of sp³-hybridized carbons (Fsp3) is 0.267. The largest absolute Gasteiger partial charge is 0.331 e. The van der Waals surface area contributed by atoms with Crippen molar-refractivity contribution < 1.29 is 0 Å². The Morgan fingerprint density at radius 3 is 2.85 bits per heavy atom. The summed E-state index contributed by atoms with van der Waals surface area (Å²) in [6, 6.07) is 10.8. The van der Waals surface area contributed by atoms with E-state index >= 15 is 0 Å². The lowest BCUT2D eigenvalue weighted by atomic mass is 10.1. The molecule has 0 radical (unpaired) electrons. The number of nitrogens with one attached hydrogen (secondary N) is 1. The average Bonchev–Trinajstić information content (AvgIpc) is 3.01. The molecule has 0 saturated heterocycles. The third kappa shape index (κ3) is 2.62. The van der Waals surface area contributed by atoms with Crippen molar-refractivity contribution in [3.05, 3.63) is 50.0 Å². The fourth-order valence-electron chi connectivity index (χ4n) is 2.45. The van der Waals surface area contributed by atoms with Crippen LogP contribution in [0, 0.1) is 2.88 Å². The molecule has 3 nitrogen and oxygen atoms in total. The predicted molar refractivity (Wildman–Crippen MR) is 93.3 cm³/mol. The highest BCUT2D eigenvalue weighted by atomic mass is 127. The van der Waals surface area contributed by atoms with E-state index in [0.717, 1.165) is 17.8 Å². The van der Waals surface area contributed by atoms with Gasteiger partial charge in [0, 0.05) is 19.5 Å². The van der Waals surface area contributed by atoms with Gasteiger partial charge in [-0.25, -0.2) is 4.98 Å². The van der Waals surface area contributed by atoms with Gasteiger partial charge in [-0.3, -0.25) is 0 Å². The van der Waals surface area contributed by atoms with Crippen molar-refractivity contribution in [2.75, 3.05) is 7.05 Å². The van der Waals surface area contributed by atoms with Crippen LogP contribution in [0.5, 0.6) is 0 Å². The number of fused-ring (bicyclic) bond motifs is 1. The summed E-state index contributed by atoms with van der Waals surface area (Å²) < 4.78 is 3.51. The number of hydrogen-bond acceptors (Lipinski definition) is 3. The van der Waals surface area contributed by atoms with E-state index in [0.29, 0.717) is 6.04 Å². The second-order valence-electron chi connectivity index (χ2n) is 4.81. The third-order valence-electron chi connectivity index (χ3n) is 3.61. The van der Waals surface area contributed by atoms with Gasteiger partial charge in [-0.2, -0.15) is 0 Å². The van der Waals surface area contributed by atoms with Gasteiger partial charge in [0.25, 0.3) is 0 Å². The lowest BCUT2D eigenvalue weighted by Crippen LogP contribution is -2.19. The first-order chi connectivity index (χ1) is 9.69. The first-order valence-electron chi connectivity index (χ1n) is 6.50. The van der Waals surface area contributed by atoms with E-state index in [-0.39, 0.29) is 0 Å². The van der Waals surface area contributed by atoms with Crippen LogP contribution in [0.25, 0.3) is 11.0 Å². The molecule has 3 aromatic rings. The Bertz CT molecular complexity index is 732. The molecule has 0 saturated carbocycles. The molecule has 0 aliphatic heterocycles. The summed E-state index contributed by atoms with van der Waals surface area (Å²) in [7, 11) is 4.10. The van der Waals surface area contributed by atoms with E-state index < -0.39 is 0 Å². The van der Waals surface area contributed by atoms with Crippen molar-refractivity contribution in [1.82, 2.24) is 14.9 Å². The number of thiophene rings is 1. The van der Waals surface area contributed by atoms with Crippen LogP contribution in [0.1, 0.15) is 17.4 Å². The maximum atomic E-state index is 4.76. The van der Waals surface area contributed by atoms with Crippen molar-refractivity contribution in [1.29, 1.82) is 0 Å². The first-order valence-corrected chi connectivity index (χ1v) is 8.46. The predicted octanol–water partition coefficient (Wildman–Crippen LogP) is 3.74. The quantitative estimate of drug-likeness (QED) is 0.680. The number of aromatic nitrogens is 2. The van der Waals surface area contributed by atoms with E-state index in [1.165, 1.54) is 14.0 Å². The zero-order chi connectivity index (χ0) is 14.1. The van der Waals surface area contributed by atoms with Crippen molar-refractivity contribution in [2.45, 2.75) is 12.5 Å². The first kappa shape index (κ1) is 14.0. The molecule has 0 amide bonds. The minimum absolute atomic E-state index is 0.310. The van der Waals surface area contributed by atoms with Gasteiger partial charge in [-0.1, -0.05) is 12.1 Å². The maximum Gasteiger partial charge on any atom is 0.111 e. The van der Waals surface area contributed by atoms with Gasteiger partial charge < -0.3 is 9.88 Å². The van der Waals surface area contributed by atoms with Crippen LogP contribution in [-0.4, -0.2) is 16.6 Å². The van der Waals surface area contributed by atoms with Gasteiger partial charge in [0.1, 0.15) is 5.82 Å². The zero-order valence-electron chi connectivity index (χ0n) is 11.4. The van der Waals surface area contributed by atoms with Gasteiger partial charge in [-0.15, -0.1) is 11.3 Å². The number of benzene rings is 1. The maximum absolute atomic E-state index is 4.76. The Balaban J connectivity index is 1.93. The molecule has 3 rings (SSSR count). The van der Waals surface area contributed by atoms with E-state index in [9.17, 15) is 0 Å². The van der Waals surface area contributed by atoms with Crippen molar-refractivity contribution >= 4 is 45.0 Å². The molecule has 20 heavy (non-hydrogen) atoms. The van der Waals surface area contributed by atoms with Crippen LogP contribution in [0.3, 0.4) is 0 Å². The molecule has 104 valence electrons. The second-order valence-corrected chi connectivity index (χ2v) is 7.61. The molecular formula is C15H16IN3S. The molecular weight excluding hydrogens is 381 g/mol. The summed E-state index contributed by atoms with van der Waals surface area (Å²) in [5.74, 6) is 1.12. The summed E-state index contributed by atoms with van der Waals surface area (Å²) in [6.45, 7) is 0. The van der Waals surface area contributed by atoms with E-state index in [1.807, 2.05) is 13.1 Å². The van der Waals surface area contributed by atoms with Crippen LogP contribution in [-0.2, 0) is 13.5 Å². The molecule has 2 aromatic heterocycles. The monoisotopic (exact) mass is 397 g/mol. The highest BCUT2D eigenvalue weighted by Crippen LogP contribution is 2.25. The number of halogens is 1. The Morgan fingerprint density at radius 2 is 2.20 bits per heavy atom. The van der Waals surface area contributed by atoms with Crippen LogP contribution >= 0.6 is 33.9 Å². The number of para-hydroxylation sites is 2. The van der Waals surface area contributed by atoms with Gasteiger partial charge in [-0.05, 0) is 58.8 Å². The number of imidazole rings is 1. The number of hydrogen-bond donors (Lipinski definition) is 1. The normalized spacial score (nSPS) is 12.9. The molecule has 0 fully saturated rings. The third-order valence-corrected chi connectivity index (χ3v) is 5.41. The van der Waals surface area contributed by atoms with Crippen molar-refractivity contribution in [3.8, 4) is 0 Å². The molecule has 1 atom stereocenters.